The number of hydrogen-bond acceptors (Lipinski definition) is 2. The predicted molar refractivity (Wildman–Crippen MR) is 75.1 cm³/mol. The van der Waals surface area contributed by atoms with Gasteiger partial charge in [0.2, 0.25) is 0 Å². The van der Waals surface area contributed by atoms with Crippen molar-refractivity contribution >= 4 is 0 Å². The van der Waals surface area contributed by atoms with Crippen molar-refractivity contribution in [1.82, 2.24) is 9.80 Å². The Morgan fingerprint density at radius 2 is 1.65 bits per heavy atom. The summed E-state index contributed by atoms with van der Waals surface area (Å²) in [6, 6.07) is 0. The Morgan fingerprint density at radius 1 is 1.12 bits per heavy atom. The molecule has 0 saturated carbocycles. The summed E-state index contributed by atoms with van der Waals surface area (Å²) in [6.07, 6.45) is 1.29. The van der Waals surface area contributed by atoms with E-state index < -0.39 is 0 Å². The van der Waals surface area contributed by atoms with Gasteiger partial charge in [-0.2, -0.15) is 0 Å². The molecule has 0 bridgehead atoms. The summed E-state index contributed by atoms with van der Waals surface area (Å²) in [5.41, 5.74) is 1.31. The van der Waals surface area contributed by atoms with Crippen LogP contribution in [0.3, 0.4) is 0 Å². The Kier molecular flexibility index (Phi) is 7.48. The van der Waals surface area contributed by atoms with Crippen molar-refractivity contribution < 1.29 is 5.48 Å². The minimum atomic E-state index is 0. The van der Waals surface area contributed by atoms with Gasteiger partial charge >= 0.3 is 0 Å². The van der Waals surface area contributed by atoms with Gasteiger partial charge in [-0.05, 0) is 11.8 Å². The number of piperazine rings is 1. The van der Waals surface area contributed by atoms with Crippen molar-refractivity contribution in [2.45, 2.75) is 34.1 Å². The van der Waals surface area contributed by atoms with E-state index in [0.717, 1.165) is 19.0 Å². The fourth-order valence-corrected chi connectivity index (χ4v) is 2.15. The fourth-order valence-electron chi connectivity index (χ4n) is 2.15. The van der Waals surface area contributed by atoms with Gasteiger partial charge in [0.25, 0.3) is 0 Å². The lowest BCUT2D eigenvalue weighted by Gasteiger charge is -2.39. The zero-order valence-electron chi connectivity index (χ0n) is 12.0. The van der Waals surface area contributed by atoms with Crippen LogP contribution in [0.15, 0.2) is 12.3 Å². The molecule has 0 radical (unpaired) electrons. The maximum atomic E-state index is 4.19. The zero-order valence-corrected chi connectivity index (χ0v) is 12.0. The van der Waals surface area contributed by atoms with Gasteiger partial charge in [-0.1, -0.05) is 40.7 Å². The molecule has 0 amide bonds. The molecular formula is C14H30N2O. The monoisotopic (exact) mass is 242 g/mol. The largest absolute Gasteiger partial charge is 0.412 e. The molecule has 0 aliphatic carbocycles. The Morgan fingerprint density at radius 3 is 2.06 bits per heavy atom. The van der Waals surface area contributed by atoms with Crippen LogP contribution in [-0.4, -0.2) is 48.0 Å². The van der Waals surface area contributed by atoms with Gasteiger partial charge in [-0.25, -0.2) is 0 Å². The van der Waals surface area contributed by atoms with E-state index in [4.69, 9.17) is 0 Å². The summed E-state index contributed by atoms with van der Waals surface area (Å²) in [7, 11) is 0. The Labute approximate surface area is 107 Å². The fraction of sp³-hybridized carbons (Fsp3) is 0.857. The lowest BCUT2D eigenvalue weighted by Crippen LogP contribution is -2.47. The van der Waals surface area contributed by atoms with Crippen LogP contribution in [-0.2, 0) is 0 Å². The van der Waals surface area contributed by atoms with E-state index in [1.165, 1.54) is 31.8 Å². The van der Waals surface area contributed by atoms with Crippen LogP contribution < -0.4 is 0 Å². The standard InChI is InChI=1S/C14H28N2.H2O/c1-6-13(4)11-15-7-9-16(10-8-15)14(5)12(2)3;/h12-13H,5-11H2,1-4H3;1H2. The van der Waals surface area contributed by atoms with Crippen molar-refractivity contribution in [3.8, 4) is 0 Å². The van der Waals surface area contributed by atoms with E-state index in [1.54, 1.807) is 0 Å². The highest BCUT2D eigenvalue weighted by Crippen LogP contribution is 2.16. The second kappa shape index (κ2) is 7.72. The molecule has 0 aromatic rings. The first-order valence-corrected chi connectivity index (χ1v) is 6.70. The normalized spacial score (nSPS) is 19.0. The van der Waals surface area contributed by atoms with Crippen LogP contribution in [0.2, 0.25) is 0 Å². The molecule has 3 heteroatoms. The number of nitrogens with zero attached hydrogens (tertiary/aromatic N) is 2. The molecule has 0 aromatic carbocycles. The van der Waals surface area contributed by atoms with Crippen molar-refractivity contribution in [3.63, 3.8) is 0 Å². The van der Waals surface area contributed by atoms with Crippen molar-refractivity contribution in [2.24, 2.45) is 11.8 Å². The molecule has 1 unspecified atom stereocenters. The van der Waals surface area contributed by atoms with Crippen molar-refractivity contribution in [1.29, 1.82) is 0 Å². The van der Waals surface area contributed by atoms with E-state index in [9.17, 15) is 0 Å². The van der Waals surface area contributed by atoms with E-state index in [2.05, 4.69) is 44.1 Å². The molecule has 0 aromatic heterocycles. The maximum Gasteiger partial charge on any atom is 0.0303 e. The second-order valence-corrected chi connectivity index (χ2v) is 5.45. The highest BCUT2D eigenvalue weighted by molar-refractivity contribution is 4.98. The molecule has 1 aliphatic heterocycles. The first-order valence-electron chi connectivity index (χ1n) is 6.70. The Bertz CT molecular complexity index is 220. The molecular weight excluding hydrogens is 212 g/mol. The molecule has 2 N–H and O–H groups in total. The van der Waals surface area contributed by atoms with Gasteiger partial charge in [0.05, 0.1) is 0 Å². The van der Waals surface area contributed by atoms with Crippen LogP contribution in [0, 0.1) is 11.8 Å². The maximum absolute atomic E-state index is 4.19. The summed E-state index contributed by atoms with van der Waals surface area (Å²) in [4.78, 5) is 5.05. The summed E-state index contributed by atoms with van der Waals surface area (Å²) in [5.74, 6) is 1.42. The SMILES string of the molecule is C=C(C(C)C)N1CCN(CC(C)CC)CC1.O. The average molecular weight is 242 g/mol. The van der Waals surface area contributed by atoms with Crippen LogP contribution in [0.25, 0.3) is 0 Å². The lowest BCUT2D eigenvalue weighted by atomic mass is 10.1. The first kappa shape index (κ1) is 16.5. The molecule has 1 fully saturated rings. The zero-order chi connectivity index (χ0) is 12.1. The second-order valence-electron chi connectivity index (χ2n) is 5.45. The minimum absolute atomic E-state index is 0. The smallest absolute Gasteiger partial charge is 0.0303 e. The van der Waals surface area contributed by atoms with Crippen LogP contribution in [0.1, 0.15) is 34.1 Å². The summed E-state index contributed by atoms with van der Waals surface area (Å²) >= 11 is 0. The average Bonchev–Trinajstić information content (AvgIpc) is 2.28. The van der Waals surface area contributed by atoms with Crippen LogP contribution in [0.4, 0.5) is 0 Å². The summed E-state index contributed by atoms with van der Waals surface area (Å²) in [6.45, 7) is 19.3. The van der Waals surface area contributed by atoms with Crippen LogP contribution >= 0.6 is 0 Å². The van der Waals surface area contributed by atoms with E-state index in [1.807, 2.05) is 0 Å². The predicted octanol–water partition coefficient (Wildman–Crippen LogP) is 2.00. The summed E-state index contributed by atoms with van der Waals surface area (Å²) in [5, 5.41) is 0. The van der Waals surface area contributed by atoms with E-state index in [-0.39, 0.29) is 5.48 Å². The van der Waals surface area contributed by atoms with E-state index >= 15 is 0 Å². The topological polar surface area (TPSA) is 38.0 Å². The van der Waals surface area contributed by atoms with Gasteiger partial charge in [-0.15, -0.1) is 0 Å². The Hall–Kier alpha value is -0.540. The molecule has 1 atom stereocenters. The number of allylic oxidation sites excluding steroid dienone is 1. The highest BCUT2D eigenvalue weighted by Gasteiger charge is 2.19. The quantitative estimate of drug-likeness (QED) is 0.739. The number of rotatable bonds is 5. The third kappa shape index (κ3) is 5.09. The van der Waals surface area contributed by atoms with Crippen molar-refractivity contribution in [2.75, 3.05) is 32.7 Å². The van der Waals surface area contributed by atoms with Gasteiger partial charge in [0, 0.05) is 38.4 Å². The number of hydrogen-bond donors (Lipinski definition) is 0. The van der Waals surface area contributed by atoms with Gasteiger partial charge in [-0.3, -0.25) is 4.90 Å². The lowest BCUT2D eigenvalue weighted by molar-refractivity contribution is 0.136. The molecule has 1 rings (SSSR count). The van der Waals surface area contributed by atoms with Gasteiger partial charge in [0.15, 0.2) is 0 Å². The molecule has 1 saturated heterocycles. The van der Waals surface area contributed by atoms with E-state index in [0.29, 0.717) is 5.92 Å². The van der Waals surface area contributed by atoms with Gasteiger partial charge in [0.1, 0.15) is 0 Å². The molecule has 0 spiro atoms. The molecule has 1 heterocycles. The third-order valence-corrected chi connectivity index (χ3v) is 3.71. The summed E-state index contributed by atoms with van der Waals surface area (Å²) < 4.78 is 0. The molecule has 3 nitrogen and oxygen atoms in total. The highest BCUT2D eigenvalue weighted by atomic mass is 16.0. The first-order chi connectivity index (χ1) is 7.54. The molecule has 1 aliphatic rings. The van der Waals surface area contributed by atoms with Crippen LogP contribution in [0.5, 0.6) is 0 Å². The van der Waals surface area contributed by atoms with Crippen molar-refractivity contribution in [3.05, 3.63) is 12.3 Å². The molecule has 17 heavy (non-hydrogen) atoms. The Balaban J connectivity index is 0.00000256. The third-order valence-electron chi connectivity index (χ3n) is 3.71. The van der Waals surface area contributed by atoms with Gasteiger partial charge < -0.3 is 10.4 Å². The minimum Gasteiger partial charge on any atom is -0.412 e. The molecule has 102 valence electrons.